The number of esters is 6. The van der Waals surface area contributed by atoms with Crippen LogP contribution in [0.3, 0.4) is 0 Å². The maximum absolute atomic E-state index is 13.3. The fourth-order valence-electron chi connectivity index (χ4n) is 8.13. The van der Waals surface area contributed by atoms with E-state index in [9.17, 15) is 48.3 Å². The zero-order valence-electron chi connectivity index (χ0n) is 38.4. The highest BCUT2D eigenvalue weighted by Gasteiger charge is 2.57. The average molecular weight is 959 g/mol. The molecule has 68 heavy (non-hydrogen) atoms. The minimum Gasteiger partial charge on any atom is -0.480 e. The molecule has 0 bridgehead atoms. The molecule has 12 atom stereocenters. The SMILES string of the molecule is CC(=O)N[C@@H]1[C@H](O[C@@H](C)[C@H](NC(=O)OCC2c3ccccc3-c3ccccc32)C(=O)O)O[C@H](COC(C)=O)[C@@H](O[C@H]2O[C@@H](COC(C)=O)[C@H](OC(C)=O)[C@@H](OC(C)=O)[C@@H]2OC(C)=O)[C@@H]1OC(C)=O. The standard InChI is InChI=1S/C45H54N2O21/c1-20(35(42(55)56)47-45(57)60-17-32-30-15-11-9-13-28(30)29-14-10-12-16-31(29)32)61-43-36(46-21(2)48)39(63-25(6)52)37(33(66-43)18-58-22(3)49)68-44-41(65-27(8)54)40(64-26(7)53)38(62-24(5)51)34(67-44)19-59-23(4)50/h9-16,20,32-41,43-44H,17-19H2,1-8H3,(H,46,48)(H,47,57)(H,55,56)/t20-,33+,34-,35-,36-,37+,38-,39+,40+,41-,43+,44+/m0/s1. The Morgan fingerprint density at radius 2 is 1.04 bits per heavy atom. The molecule has 2 aromatic rings. The van der Waals surface area contributed by atoms with Crippen molar-refractivity contribution in [3.63, 3.8) is 0 Å². The number of ether oxygens (including phenoxy) is 11. The third kappa shape index (κ3) is 13.5. The molecule has 2 aromatic carbocycles. The minimum absolute atomic E-state index is 0.152. The van der Waals surface area contributed by atoms with Gasteiger partial charge in [0.2, 0.25) is 5.91 Å². The molecule has 0 aromatic heterocycles. The summed E-state index contributed by atoms with van der Waals surface area (Å²) in [5, 5.41) is 15.2. The van der Waals surface area contributed by atoms with Crippen molar-refractivity contribution in [2.24, 2.45) is 0 Å². The normalized spacial score (nSPS) is 25.9. The summed E-state index contributed by atoms with van der Waals surface area (Å²) in [6, 6.07) is 11.7. The Kier molecular flexibility index (Phi) is 18.0. The number of aliphatic carboxylic acids is 1. The van der Waals surface area contributed by atoms with E-state index in [0.717, 1.165) is 70.7 Å². The second kappa shape index (κ2) is 23.4. The zero-order valence-corrected chi connectivity index (χ0v) is 38.4. The van der Waals surface area contributed by atoms with E-state index in [0.29, 0.717) is 0 Å². The number of alkyl carbamates (subject to hydrolysis) is 1. The van der Waals surface area contributed by atoms with E-state index in [1.54, 1.807) is 0 Å². The highest BCUT2D eigenvalue weighted by Crippen LogP contribution is 2.44. The van der Waals surface area contributed by atoms with Gasteiger partial charge in [0.25, 0.3) is 0 Å². The monoisotopic (exact) mass is 958 g/mol. The number of carbonyl (C=O) groups is 9. The maximum Gasteiger partial charge on any atom is 0.407 e. The minimum atomic E-state index is -1.91. The first-order valence-corrected chi connectivity index (χ1v) is 21.3. The molecule has 23 nitrogen and oxygen atoms in total. The van der Waals surface area contributed by atoms with Gasteiger partial charge in [-0.15, -0.1) is 0 Å². The number of carboxylic acids is 1. The summed E-state index contributed by atoms with van der Waals surface area (Å²) in [4.78, 5) is 113. The molecule has 3 N–H and O–H groups in total. The van der Waals surface area contributed by atoms with Crippen molar-refractivity contribution in [2.75, 3.05) is 19.8 Å². The molecule has 2 amide bonds. The van der Waals surface area contributed by atoms with Crippen molar-refractivity contribution < 1.29 is 100 Å². The van der Waals surface area contributed by atoms with Gasteiger partial charge in [-0.3, -0.25) is 33.6 Å². The zero-order chi connectivity index (χ0) is 50.0. The molecular formula is C45H54N2O21. The largest absolute Gasteiger partial charge is 0.480 e. The third-order valence-corrected chi connectivity index (χ3v) is 10.7. The smallest absolute Gasteiger partial charge is 0.407 e. The van der Waals surface area contributed by atoms with E-state index in [4.69, 9.17) is 52.1 Å². The number of carbonyl (C=O) groups excluding carboxylic acids is 8. The predicted molar refractivity (Wildman–Crippen MR) is 225 cm³/mol. The lowest BCUT2D eigenvalue weighted by molar-refractivity contribution is -0.352. The summed E-state index contributed by atoms with van der Waals surface area (Å²) in [7, 11) is 0. The lowest BCUT2D eigenvalue weighted by Gasteiger charge is -2.49. The van der Waals surface area contributed by atoms with Gasteiger partial charge in [-0.1, -0.05) is 48.5 Å². The van der Waals surface area contributed by atoms with Crippen molar-refractivity contribution >= 4 is 53.8 Å². The Balaban J connectivity index is 1.46. The van der Waals surface area contributed by atoms with Crippen LogP contribution in [-0.2, 0) is 90.5 Å². The molecule has 2 fully saturated rings. The molecule has 1 aliphatic carbocycles. The molecule has 3 aliphatic rings. The Bertz CT molecular complexity index is 2170. The van der Waals surface area contributed by atoms with Crippen LogP contribution in [0.25, 0.3) is 11.1 Å². The number of carboxylic acid groups (broad SMARTS) is 1. The van der Waals surface area contributed by atoms with Gasteiger partial charge in [0.15, 0.2) is 43.0 Å². The van der Waals surface area contributed by atoms with Crippen molar-refractivity contribution in [1.82, 2.24) is 10.6 Å². The van der Waals surface area contributed by atoms with E-state index >= 15 is 0 Å². The van der Waals surface area contributed by atoms with Gasteiger partial charge >= 0.3 is 47.9 Å². The van der Waals surface area contributed by atoms with E-state index in [-0.39, 0.29) is 12.5 Å². The van der Waals surface area contributed by atoms with Crippen LogP contribution in [0, 0.1) is 0 Å². The summed E-state index contributed by atoms with van der Waals surface area (Å²) in [6.07, 6.45) is -17.9. The van der Waals surface area contributed by atoms with Crippen LogP contribution in [0.2, 0.25) is 0 Å². The molecule has 0 spiro atoms. The first-order valence-electron chi connectivity index (χ1n) is 21.3. The number of amides is 2. The van der Waals surface area contributed by atoms with Gasteiger partial charge < -0.3 is 67.8 Å². The maximum atomic E-state index is 13.3. The molecule has 2 heterocycles. The van der Waals surface area contributed by atoms with Gasteiger partial charge in [-0.2, -0.15) is 0 Å². The number of nitrogens with one attached hydrogen (secondary N) is 2. The van der Waals surface area contributed by atoms with Crippen LogP contribution in [0.4, 0.5) is 4.79 Å². The molecule has 2 aliphatic heterocycles. The van der Waals surface area contributed by atoms with E-state index < -0.39 is 140 Å². The Morgan fingerprint density at radius 1 is 0.574 bits per heavy atom. The van der Waals surface area contributed by atoms with Crippen molar-refractivity contribution in [3.8, 4) is 11.1 Å². The summed E-state index contributed by atoms with van der Waals surface area (Å²) in [5.41, 5.74) is 3.75. The van der Waals surface area contributed by atoms with Crippen LogP contribution in [0.15, 0.2) is 48.5 Å². The third-order valence-electron chi connectivity index (χ3n) is 10.7. The Hall–Kier alpha value is -6.69. The molecule has 0 saturated carbocycles. The van der Waals surface area contributed by atoms with Gasteiger partial charge in [0.1, 0.15) is 44.2 Å². The molecule has 0 unspecified atom stereocenters. The average Bonchev–Trinajstić information content (AvgIpc) is 3.57. The van der Waals surface area contributed by atoms with E-state index in [1.807, 2.05) is 48.5 Å². The lowest BCUT2D eigenvalue weighted by Crippen LogP contribution is -2.69. The van der Waals surface area contributed by atoms with Gasteiger partial charge in [0.05, 0.1) is 6.10 Å². The number of fused-ring (bicyclic) bond motifs is 3. The molecule has 0 radical (unpaired) electrons. The number of hydrogen-bond donors (Lipinski definition) is 3. The first-order chi connectivity index (χ1) is 32.1. The van der Waals surface area contributed by atoms with Crippen LogP contribution < -0.4 is 10.6 Å². The second-order valence-corrected chi connectivity index (χ2v) is 15.9. The van der Waals surface area contributed by atoms with E-state index in [1.165, 1.54) is 6.92 Å². The van der Waals surface area contributed by atoms with Gasteiger partial charge in [-0.25, -0.2) is 9.59 Å². The van der Waals surface area contributed by atoms with Crippen LogP contribution in [0.1, 0.15) is 72.4 Å². The van der Waals surface area contributed by atoms with Crippen LogP contribution in [0.5, 0.6) is 0 Å². The molecule has 370 valence electrons. The van der Waals surface area contributed by atoms with Crippen LogP contribution in [-0.4, -0.2) is 152 Å². The van der Waals surface area contributed by atoms with Crippen molar-refractivity contribution in [2.45, 2.75) is 135 Å². The summed E-state index contributed by atoms with van der Waals surface area (Å²) < 4.78 is 63.0. The fraction of sp³-hybridized carbons (Fsp3) is 0.533. The predicted octanol–water partition coefficient (Wildman–Crippen LogP) is 1.58. The molecular weight excluding hydrogens is 904 g/mol. The van der Waals surface area contributed by atoms with Gasteiger partial charge in [-0.05, 0) is 29.2 Å². The topological polar surface area (TPSA) is 299 Å². The molecule has 23 heteroatoms. The molecule has 2 saturated heterocycles. The van der Waals surface area contributed by atoms with Gasteiger partial charge in [0, 0.05) is 54.4 Å². The lowest BCUT2D eigenvalue weighted by atomic mass is 9.94. The van der Waals surface area contributed by atoms with Crippen molar-refractivity contribution in [1.29, 1.82) is 0 Å². The summed E-state index contributed by atoms with van der Waals surface area (Å²) in [5.74, 6) is -8.12. The second-order valence-electron chi connectivity index (χ2n) is 15.9. The number of benzene rings is 2. The molecule has 5 rings (SSSR count). The quantitative estimate of drug-likeness (QED) is 0.141. The first kappa shape index (κ1) is 52.3. The highest BCUT2D eigenvalue weighted by molar-refractivity contribution is 5.81. The number of hydrogen-bond acceptors (Lipinski definition) is 20. The van der Waals surface area contributed by atoms with E-state index in [2.05, 4.69) is 10.6 Å². The van der Waals surface area contributed by atoms with Crippen molar-refractivity contribution in [3.05, 3.63) is 59.7 Å². The highest BCUT2D eigenvalue weighted by atomic mass is 16.8. The van der Waals surface area contributed by atoms with Crippen LogP contribution >= 0.6 is 0 Å². The number of rotatable bonds is 18. The summed E-state index contributed by atoms with van der Waals surface area (Å²) >= 11 is 0. The fourth-order valence-corrected chi connectivity index (χ4v) is 8.13. The Morgan fingerprint density at radius 3 is 1.54 bits per heavy atom. The summed E-state index contributed by atoms with van der Waals surface area (Å²) in [6.45, 7) is 7.01. The Labute approximate surface area is 389 Å².